The van der Waals surface area contributed by atoms with E-state index in [1.807, 2.05) is 12.3 Å². The summed E-state index contributed by atoms with van der Waals surface area (Å²) in [6.07, 6.45) is 3.97. The zero-order valence-corrected chi connectivity index (χ0v) is 15.5. The van der Waals surface area contributed by atoms with Crippen LogP contribution in [0.1, 0.15) is 40.6 Å². The van der Waals surface area contributed by atoms with Gasteiger partial charge in [0.2, 0.25) is 0 Å². The fourth-order valence-electron chi connectivity index (χ4n) is 4.13. The van der Waals surface area contributed by atoms with Crippen LogP contribution in [-0.2, 0) is 6.42 Å². The van der Waals surface area contributed by atoms with Gasteiger partial charge in [0.15, 0.2) is 23.0 Å². The molecule has 2 unspecified atom stereocenters. The van der Waals surface area contributed by atoms with Crippen molar-refractivity contribution in [2.45, 2.75) is 24.8 Å². The number of hydrogen-bond acceptors (Lipinski definition) is 5. The Hall–Kier alpha value is -2.69. The van der Waals surface area contributed by atoms with Crippen molar-refractivity contribution in [2.24, 2.45) is 4.99 Å². The normalized spacial score (nSPS) is 19.8. The lowest BCUT2D eigenvalue weighted by Gasteiger charge is -2.35. The quantitative estimate of drug-likeness (QED) is 0.836. The second-order valence-electron chi connectivity index (χ2n) is 6.61. The Morgan fingerprint density at radius 3 is 2.00 bits per heavy atom. The summed E-state index contributed by atoms with van der Waals surface area (Å²) in [5.41, 5.74) is 4.87. The van der Waals surface area contributed by atoms with Crippen LogP contribution in [0.3, 0.4) is 0 Å². The number of rotatable bonds is 4. The van der Waals surface area contributed by atoms with Gasteiger partial charge in [-0.15, -0.1) is 0 Å². The van der Waals surface area contributed by atoms with Gasteiger partial charge in [0, 0.05) is 12.1 Å². The van der Waals surface area contributed by atoms with Crippen molar-refractivity contribution in [3.05, 3.63) is 46.5 Å². The summed E-state index contributed by atoms with van der Waals surface area (Å²) in [5.74, 6) is 3.34. The number of benzene rings is 2. The van der Waals surface area contributed by atoms with Crippen LogP contribution in [-0.4, -0.2) is 34.7 Å². The van der Waals surface area contributed by atoms with Gasteiger partial charge in [0.05, 0.1) is 34.5 Å². The van der Waals surface area contributed by atoms with Gasteiger partial charge in [-0.3, -0.25) is 4.99 Å². The summed E-state index contributed by atoms with van der Waals surface area (Å²) in [4.78, 5) is 4.88. The van der Waals surface area contributed by atoms with Crippen molar-refractivity contribution >= 4 is 6.21 Å². The summed E-state index contributed by atoms with van der Waals surface area (Å²) < 4.78 is 21.9. The van der Waals surface area contributed by atoms with Crippen molar-refractivity contribution in [3.63, 3.8) is 0 Å². The van der Waals surface area contributed by atoms with E-state index in [2.05, 4.69) is 18.2 Å². The Bertz CT molecular complexity index is 875. The average Bonchev–Trinajstić information content (AvgIpc) is 2.70. The maximum Gasteiger partial charge on any atom is 0.161 e. The average molecular weight is 353 g/mol. The van der Waals surface area contributed by atoms with Gasteiger partial charge in [0.1, 0.15) is 0 Å². The standard InChI is InChI=1S/C21H23NO4/c1-23-17-7-12-5-6-14-15-9-19(25-3)18(24-2)8-13(15)11-22-21(14)16(12)10-20(17)26-4/h7-11,14,21H,5-6H2,1-4H3. The van der Waals surface area contributed by atoms with Crippen molar-refractivity contribution in [1.29, 1.82) is 0 Å². The molecule has 5 nitrogen and oxygen atoms in total. The Kier molecular flexibility index (Phi) is 4.23. The lowest BCUT2D eigenvalue weighted by atomic mass is 9.74. The molecule has 0 amide bonds. The number of nitrogens with zero attached hydrogens (tertiary/aromatic N) is 1. The summed E-state index contributed by atoms with van der Waals surface area (Å²) in [5, 5.41) is 0. The van der Waals surface area contributed by atoms with Gasteiger partial charge in [-0.1, -0.05) is 0 Å². The van der Waals surface area contributed by atoms with Crippen LogP contribution in [0.25, 0.3) is 0 Å². The van der Waals surface area contributed by atoms with Gasteiger partial charge in [-0.2, -0.15) is 0 Å². The molecular formula is C21H23NO4. The summed E-state index contributed by atoms with van der Waals surface area (Å²) in [6.45, 7) is 0. The molecule has 2 aromatic carbocycles. The first-order chi connectivity index (χ1) is 12.7. The zero-order chi connectivity index (χ0) is 18.3. The highest BCUT2D eigenvalue weighted by molar-refractivity contribution is 5.85. The van der Waals surface area contributed by atoms with Gasteiger partial charge in [0.25, 0.3) is 0 Å². The molecule has 0 aromatic heterocycles. The highest BCUT2D eigenvalue weighted by atomic mass is 16.5. The largest absolute Gasteiger partial charge is 0.493 e. The Balaban J connectivity index is 1.81. The van der Waals surface area contributed by atoms with Crippen LogP contribution in [0.4, 0.5) is 0 Å². The third-order valence-electron chi connectivity index (χ3n) is 5.43. The third-order valence-corrected chi connectivity index (χ3v) is 5.43. The van der Waals surface area contributed by atoms with E-state index < -0.39 is 0 Å². The summed E-state index contributed by atoms with van der Waals surface area (Å²) >= 11 is 0. The molecule has 1 heterocycles. The second-order valence-corrected chi connectivity index (χ2v) is 6.61. The van der Waals surface area contributed by atoms with Crippen LogP contribution in [0.15, 0.2) is 29.3 Å². The highest BCUT2D eigenvalue weighted by Gasteiger charge is 2.35. The van der Waals surface area contributed by atoms with Gasteiger partial charge in [-0.05, 0) is 59.4 Å². The molecule has 0 radical (unpaired) electrons. The molecule has 5 heteroatoms. The van der Waals surface area contributed by atoms with E-state index in [-0.39, 0.29) is 6.04 Å². The topological polar surface area (TPSA) is 49.3 Å². The fourth-order valence-corrected chi connectivity index (χ4v) is 4.13. The van der Waals surface area contributed by atoms with Gasteiger partial charge >= 0.3 is 0 Å². The molecule has 2 atom stereocenters. The predicted octanol–water partition coefficient (Wildman–Crippen LogP) is 3.92. The lowest BCUT2D eigenvalue weighted by Crippen LogP contribution is -2.22. The Labute approximate surface area is 153 Å². The van der Waals surface area contributed by atoms with Gasteiger partial charge < -0.3 is 18.9 Å². The molecule has 0 spiro atoms. The minimum absolute atomic E-state index is 0.0872. The monoisotopic (exact) mass is 353 g/mol. The molecular weight excluding hydrogens is 330 g/mol. The molecule has 1 aliphatic carbocycles. The SMILES string of the molecule is COc1cc2c(cc1OC)C1CCc3cc(OC)c(OC)cc3C1N=C2. The minimum Gasteiger partial charge on any atom is -0.493 e. The summed E-state index contributed by atoms with van der Waals surface area (Å²) in [6, 6.07) is 8.36. The number of hydrogen-bond donors (Lipinski definition) is 0. The molecule has 136 valence electrons. The number of ether oxygens (including phenoxy) is 4. The first-order valence-electron chi connectivity index (χ1n) is 8.74. The molecule has 26 heavy (non-hydrogen) atoms. The number of methoxy groups -OCH3 is 4. The van der Waals surface area contributed by atoms with E-state index in [1.165, 1.54) is 16.7 Å². The molecule has 0 bridgehead atoms. The molecule has 0 saturated heterocycles. The minimum atomic E-state index is 0.0872. The molecule has 2 aliphatic rings. The molecule has 0 fully saturated rings. The smallest absolute Gasteiger partial charge is 0.161 e. The lowest BCUT2D eigenvalue weighted by molar-refractivity contribution is 0.350. The van der Waals surface area contributed by atoms with Gasteiger partial charge in [-0.25, -0.2) is 0 Å². The maximum atomic E-state index is 5.51. The third kappa shape index (κ3) is 2.50. The predicted molar refractivity (Wildman–Crippen MR) is 100 cm³/mol. The van der Waals surface area contributed by atoms with Crippen molar-refractivity contribution in [3.8, 4) is 23.0 Å². The van der Waals surface area contributed by atoms with E-state index >= 15 is 0 Å². The van der Waals surface area contributed by atoms with E-state index in [0.29, 0.717) is 5.92 Å². The highest BCUT2D eigenvalue weighted by Crippen LogP contribution is 2.50. The number of aryl methyl sites for hydroxylation is 1. The van der Waals surface area contributed by atoms with Crippen molar-refractivity contribution < 1.29 is 18.9 Å². The zero-order valence-electron chi connectivity index (χ0n) is 15.5. The van der Waals surface area contributed by atoms with Crippen LogP contribution >= 0.6 is 0 Å². The Morgan fingerprint density at radius 1 is 0.769 bits per heavy atom. The van der Waals surface area contributed by atoms with Crippen LogP contribution in [0.5, 0.6) is 23.0 Å². The first kappa shape index (κ1) is 16.8. The molecule has 0 N–H and O–H groups in total. The summed E-state index contributed by atoms with van der Waals surface area (Å²) in [7, 11) is 6.67. The van der Waals surface area contributed by atoms with E-state index in [4.69, 9.17) is 23.9 Å². The molecule has 0 saturated carbocycles. The molecule has 2 aromatic rings. The van der Waals surface area contributed by atoms with Crippen molar-refractivity contribution in [2.75, 3.05) is 28.4 Å². The van der Waals surface area contributed by atoms with Crippen molar-refractivity contribution in [1.82, 2.24) is 0 Å². The maximum absolute atomic E-state index is 5.51. The van der Waals surface area contributed by atoms with E-state index in [1.54, 1.807) is 28.4 Å². The molecule has 4 rings (SSSR count). The van der Waals surface area contributed by atoms with E-state index in [9.17, 15) is 0 Å². The fraction of sp³-hybridized carbons (Fsp3) is 0.381. The first-order valence-corrected chi connectivity index (χ1v) is 8.74. The van der Waals surface area contributed by atoms with Crippen LogP contribution < -0.4 is 18.9 Å². The molecule has 1 aliphatic heterocycles. The number of fused-ring (bicyclic) bond motifs is 5. The van der Waals surface area contributed by atoms with E-state index in [0.717, 1.165) is 41.4 Å². The number of aliphatic imine (C=N–C) groups is 1. The Morgan fingerprint density at radius 2 is 1.35 bits per heavy atom. The second kappa shape index (κ2) is 6.56. The van der Waals surface area contributed by atoms with Crippen LogP contribution in [0.2, 0.25) is 0 Å². The van der Waals surface area contributed by atoms with Crippen LogP contribution in [0, 0.1) is 0 Å².